The molecule has 1 aromatic carbocycles. The molecule has 1 atom stereocenters. The fourth-order valence-corrected chi connectivity index (χ4v) is 2.43. The van der Waals surface area contributed by atoms with E-state index < -0.39 is 30.3 Å². The van der Waals surface area contributed by atoms with E-state index >= 15 is 0 Å². The summed E-state index contributed by atoms with van der Waals surface area (Å²) in [5, 5.41) is 3.02. The smallest absolute Gasteiger partial charge is 0.314 e. The van der Waals surface area contributed by atoms with Crippen LogP contribution < -0.4 is 5.32 Å². The third kappa shape index (κ3) is 3.67. The number of alkyl halides is 3. The summed E-state index contributed by atoms with van der Waals surface area (Å²) in [5.74, 6) is -2.31. The van der Waals surface area contributed by atoms with Crippen LogP contribution in [0.25, 0.3) is 0 Å². The quantitative estimate of drug-likeness (QED) is 0.862. The van der Waals surface area contributed by atoms with Gasteiger partial charge in [0.15, 0.2) is 11.6 Å². The van der Waals surface area contributed by atoms with Gasteiger partial charge in [-0.2, -0.15) is 13.2 Å². The lowest BCUT2D eigenvalue weighted by Crippen LogP contribution is -2.46. The van der Waals surface area contributed by atoms with Crippen molar-refractivity contribution < 1.29 is 22.0 Å². The van der Waals surface area contributed by atoms with E-state index in [1.807, 2.05) is 0 Å². The van der Waals surface area contributed by atoms with Crippen molar-refractivity contribution in [3.05, 3.63) is 35.4 Å². The average molecular weight is 294 g/mol. The maximum absolute atomic E-state index is 13.8. The summed E-state index contributed by atoms with van der Waals surface area (Å²) in [6, 6.07) is 2.17. The second-order valence-corrected chi connectivity index (χ2v) is 4.76. The van der Waals surface area contributed by atoms with Gasteiger partial charge in [-0.25, -0.2) is 8.78 Å². The summed E-state index contributed by atoms with van der Waals surface area (Å²) in [7, 11) is 0. The van der Waals surface area contributed by atoms with Crippen LogP contribution in [0.15, 0.2) is 18.2 Å². The lowest BCUT2D eigenvalue weighted by atomic mass is 10.00. The molecule has 0 spiro atoms. The van der Waals surface area contributed by atoms with Crippen molar-refractivity contribution in [2.45, 2.75) is 18.6 Å². The maximum atomic E-state index is 13.8. The number of piperazine rings is 1. The molecular weight excluding hydrogens is 279 g/mol. The Hall–Kier alpha value is -1.21. The minimum atomic E-state index is -4.44. The summed E-state index contributed by atoms with van der Waals surface area (Å²) in [5.41, 5.74) is -0.232. The van der Waals surface area contributed by atoms with Crippen LogP contribution in [-0.2, 0) is 0 Å². The molecule has 1 N–H and O–H groups in total. The van der Waals surface area contributed by atoms with Crippen molar-refractivity contribution in [3.8, 4) is 0 Å². The van der Waals surface area contributed by atoms with Gasteiger partial charge in [0.05, 0.1) is 6.42 Å². The van der Waals surface area contributed by atoms with Crippen LogP contribution in [-0.4, -0.2) is 37.3 Å². The van der Waals surface area contributed by atoms with Crippen molar-refractivity contribution in [2.24, 2.45) is 0 Å². The molecule has 1 aromatic rings. The summed E-state index contributed by atoms with van der Waals surface area (Å²) >= 11 is 0. The number of nitrogens with zero attached hydrogens (tertiary/aromatic N) is 1. The molecule has 1 aliphatic rings. The van der Waals surface area contributed by atoms with Gasteiger partial charge in [-0.3, -0.25) is 4.90 Å². The molecular formula is C13H15F5N2. The standard InChI is InChI=1S/C13H15F5N2/c14-10-3-1-2-9(12(10)15)11(8-13(16,17)18)20-6-4-19-5-7-20/h1-3,11,19H,4-8H2/t11-/m0/s1. The lowest BCUT2D eigenvalue weighted by Gasteiger charge is -2.35. The molecule has 0 saturated carbocycles. The number of hydrogen-bond acceptors (Lipinski definition) is 2. The highest BCUT2D eigenvalue weighted by Gasteiger charge is 2.37. The van der Waals surface area contributed by atoms with Crippen LogP contribution in [0.5, 0.6) is 0 Å². The third-order valence-electron chi connectivity index (χ3n) is 3.36. The molecule has 0 bridgehead atoms. The van der Waals surface area contributed by atoms with Crippen molar-refractivity contribution >= 4 is 0 Å². The molecule has 2 rings (SSSR count). The molecule has 0 aliphatic carbocycles. The van der Waals surface area contributed by atoms with Gasteiger partial charge >= 0.3 is 6.18 Å². The lowest BCUT2D eigenvalue weighted by molar-refractivity contribution is -0.149. The number of hydrogen-bond donors (Lipinski definition) is 1. The SMILES string of the molecule is Fc1cccc([C@H](CC(F)(F)F)N2CCNCC2)c1F. The molecule has 1 heterocycles. The molecule has 1 saturated heterocycles. The van der Waals surface area contributed by atoms with Crippen LogP contribution in [0.4, 0.5) is 22.0 Å². The second kappa shape index (κ2) is 6.05. The van der Waals surface area contributed by atoms with Crippen LogP contribution in [0, 0.1) is 11.6 Å². The van der Waals surface area contributed by atoms with E-state index in [4.69, 9.17) is 0 Å². The van der Waals surface area contributed by atoms with Crippen LogP contribution in [0.3, 0.4) is 0 Å². The topological polar surface area (TPSA) is 15.3 Å². The van der Waals surface area contributed by atoms with E-state index in [1.165, 1.54) is 12.1 Å². The van der Waals surface area contributed by atoms with Crippen LogP contribution >= 0.6 is 0 Å². The van der Waals surface area contributed by atoms with Crippen molar-refractivity contribution in [1.29, 1.82) is 0 Å². The highest BCUT2D eigenvalue weighted by Crippen LogP contribution is 2.35. The zero-order chi connectivity index (χ0) is 14.8. The third-order valence-corrected chi connectivity index (χ3v) is 3.36. The normalized spacial score (nSPS) is 19.1. The molecule has 0 radical (unpaired) electrons. The summed E-state index contributed by atoms with van der Waals surface area (Å²) in [4.78, 5) is 1.54. The fourth-order valence-electron chi connectivity index (χ4n) is 2.43. The number of nitrogens with one attached hydrogen (secondary N) is 1. The molecule has 7 heteroatoms. The van der Waals surface area contributed by atoms with Gasteiger partial charge in [-0.05, 0) is 6.07 Å². The Kier molecular flexibility index (Phi) is 4.59. The zero-order valence-corrected chi connectivity index (χ0v) is 10.7. The van der Waals surface area contributed by atoms with Gasteiger partial charge in [0.25, 0.3) is 0 Å². The highest BCUT2D eigenvalue weighted by atomic mass is 19.4. The molecule has 112 valence electrons. The Morgan fingerprint density at radius 1 is 1.15 bits per heavy atom. The fraction of sp³-hybridized carbons (Fsp3) is 0.538. The van der Waals surface area contributed by atoms with E-state index in [1.54, 1.807) is 4.90 Å². The predicted octanol–water partition coefficient (Wildman–Crippen LogP) is 2.86. The van der Waals surface area contributed by atoms with Gasteiger partial charge in [-0.1, -0.05) is 12.1 Å². The average Bonchev–Trinajstić information content (AvgIpc) is 2.40. The first kappa shape index (κ1) is 15.2. The number of benzene rings is 1. The summed E-state index contributed by atoms with van der Waals surface area (Å²) in [6.45, 7) is 1.81. The largest absolute Gasteiger partial charge is 0.390 e. The molecule has 1 aliphatic heterocycles. The zero-order valence-electron chi connectivity index (χ0n) is 10.7. The molecule has 0 unspecified atom stereocenters. The van der Waals surface area contributed by atoms with Gasteiger partial charge in [-0.15, -0.1) is 0 Å². The highest BCUT2D eigenvalue weighted by molar-refractivity contribution is 5.23. The first-order valence-corrected chi connectivity index (χ1v) is 6.34. The van der Waals surface area contributed by atoms with Gasteiger partial charge in [0.1, 0.15) is 0 Å². The van der Waals surface area contributed by atoms with E-state index in [-0.39, 0.29) is 5.56 Å². The minimum Gasteiger partial charge on any atom is -0.314 e. The molecule has 0 amide bonds. The Balaban J connectivity index is 2.32. The first-order chi connectivity index (χ1) is 9.38. The van der Waals surface area contributed by atoms with Crippen molar-refractivity contribution in [3.63, 3.8) is 0 Å². The van der Waals surface area contributed by atoms with Crippen LogP contribution in [0.1, 0.15) is 18.0 Å². The molecule has 20 heavy (non-hydrogen) atoms. The van der Waals surface area contributed by atoms with Gasteiger partial charge in [0, 0.05) is 37.8 Å². The Morgan fingerprint density at radius 3 is 2.40 bits per heavy atom. The van der Waals surface area contributed by atoms with Crippen LogP contribution in [0.2, 0.25) is 0 Å². The first-order valence-electron chi connectivity index (χ1n) is 6.34. The minimum absolute atomic E-state index is 0.232. The van der Waals surface area contributed by atoms with E-state index in [0.29, 0.717) is 26.2 Å². The van der Waals surface area contributed by atoms with Crippen molar-refractivity contribution in [2.75, 3.05) is 26.2 Å². The van der Waals surface area contributed by atoms with E-state index in [0.717, 1.165) is 6.07 Å². The Bertz CT molecular complexity index is 455. The molecule has 0 aromatic heterocycles. The Labute approximate surface area is 113 Å². The summed E-state index contributed by atoms with van der Waals surface area (Å²) in [6.07, 6.45) is -5.62. The maximum Gasteiger partial charge on any atom is 0.390 e. The summed E-state index contributed by atoms with van der Waals surface area (Å²) < 4.78 is 65.2. The Morgan fingerprint density at radius 2 is 1.80 bits per heavy atom. The van der Waals surface area contributed by atoms with E-state index in [9.17, 15) is 22.0 Å². The number of halogens is 5. The number of rotatable bonds is 3. The second-order valence-electron chi connectivity index (χ2n) is 4.76. The monoisotopic (exact) mass is 294 g/mol. The van der Waals surface area contributed by atoms with Gasteiger partial charge in [0.2, 0.25) is 0 Å². The predicted molar refractivity (Wildman–Crippen MR) is 64.2 cm³/mol. The van der Waals surface area contributed by atoms with Crippen molar-refractivity contribution in [1.82, 2.24) is 10.2 Å². The van der Waals surface area contributed by atoms with Gasteiger partial charge < -0.3 is 5.32 Å². The van der Waals surface area contributed by atoms with E-state index in [2.05, 4.69) is 5.32 Å². The molecule has 1 fully saturated rings. The molecule has 2 nitrogen and oxygen atoms in total.